The number of amides is 2. The zero-order valence-corrected chi connectivity index (χ0v) is 12.7. The monoisotopic (exact) mass is 318 g/mol. The van der Waals surface area contributed by atoms with Gasteiger partial charge in [-0.1, -0.05) is 19.3 Å². The summed E-state index contributed by atoms with van der Waals surface area (Å²) in [5.74, 6) is 0.284. The van der Waals surface area contributed by atoms with E-state index >= 15 is 0 Å². The Morgan fingerprint density at radius 1 is 1.17 bits per heavy atom. The second kappa shape index (κ2) is 7.21. The van der Waals surface area contributed by atoms with Crippen LogP contribution in [0.2, 0.25) is 0 Å². The first-order chi connectivity index (χ1) is 11.2. The van der Waals surface area contributed by atoms with E-state index in [1.165, 1.54) is 18.6 Å². The second-order valence-electron chi connectivity index (χ2n) is 5.67. The zero-order chi connectivity index (χ0) is 16.1. The first kappa shape index (κ1) is 15.5. The molecule has 1 aromatic carbocycles. The molecule has 0 saturated heterocycles. The molecule has 7 heteroatoms. The van der Waals surface area contributed by atoms with Gasteiger partial charge in [0.15, 0.2) is 0 Å². The van der Waals surface area contributed by atoms with Crippen LogP contribution in [-0.4, -0.2) is 22.3 Å². The van der Waals surface area contributed by atoms with Crippen LogP contribution in [0.1, 0.15) is 38.0 Å². The SMILES string of the molecule is O=C(NCc1nnc(-c2ccc(F)cc2)o1)NC1CCCCC1. The van der Waals surface area contributed by atoms with E-state index in [2.05, 4.69) is 20.8 Å². The van der Waals surface area contributed by atoms with Crippen molar-refractivity contribution in [3.8, 4) is 11.5 Å². The third-order valence-corrected chi connectivity index (χ3v) is 3.90. The fraction of sp³-hybridized carbons (Fsp3) is 0.438. The Bertz CT molecular complexity index is 650. The van der Waals surface area contributed by atoms with Crippen LogP contribution >= 0.6 is 0 Å². The van der Waals surface area contributed by atoms with Gasteiger partial charge < -0.3 is 15.1 Å². The molecule has 0 aliphatic heterocycles. The Morgan fingerprint density at radius 3 is 2.65 bits per heavy atom. The summed E-state index contributed by atoms with van der Waals surface area (Å²) in [6.45, 7) is 0.159. The number of nitrogens with one attached hydrogen (secondary N) is 2. The molecule has 3 rings (SSSR count). The van der Waals surface area contributed by atoms with Crippen molar-refractivity contribution in [2.24, 2.45) is 0 Å². The minimum atomic E-state index is -0.325. The van der Waals surface area contributed by atoms with Gasteiger partial charge in [-0.3, -0.25) is 0 Å². The number of hydrogen-bond donors (Lipinski definition) is 2. The van der Waals surface area contributed by atoms with E-state index in [-0.39, 0.29) is 24.4 Å². The van der Waals surface area contributed by atoms with Crippen molar-refractivity contribution in [3.05, 3.63) is 36.0 Å². The quantitative estimate of drug-likeness (QED) is 0.908. The highest BCUT2D eigenvalue weighted by atomic mass is 19.1. The molecule has 2 aromatic rings. The van der Waals surface area contributed by atoms with Crippen LogP contribution in [-0.2, 0) is 6.54 Å². The predicted octanol–water partition coefficient (Wildman–Crippen LogP) is 3.01. The fourth-order valence-electron chi connectivity index (χ4n) is 2.67. The zero-order valence-electron chi connectivity index (χ0n) is 12.7. The van der Waals surface area contributed by atoms with Crippen LogP contribution in [0.5, 0.6) is 0 Å². The molecular weight excluding hydrogens is 299 g/mol. The topological polar surface area (TPSA) is 80.1 Å². The van der Waals surface area contributed by atoms with Crippen LogP contribution in [0.4, 0.5) is 9.18 Å². The number of hydrogen-bond acceptors (Lipinski definition) is 4. The molecule has 0 spiro atoms. The Hall–Kier alpha value is -2.44. The Kier molecular flexibility index (Phi) is 4.85. The summed E-state index contributed by atoms with van der Waals surface area (Å²) in [5, 5.41) is 13.4. The Labute approximate surface area is 133 Å². The summed E-state index contributed by atoms with van der Waals surface area (Å²) >= 11 is 0. The number of carbonyl (C=O) groups is 1. The van der Waals surface area contributed by atoms with Gasteiger partial charge in [-0.15, -0.1) is 10.2 Å². The van der Waals surface area contributed by atoms with Crippen molar-refractivity contribution in [1.82, 2.24) is 20.8 Å². The third-order valence-electron chi connectivity index (χ3n) is 3.90. The van der Waals surface area contributed by atoms with E-state index in [1.807, 2.05) is 0 Å². The van der Waals surface area contributed by atoms with Crippen molar-refractivity contribution in [3.63, 3.8) is 0 Å². The summed E-state index contributed by atoms with van der Waals surface area (Å²) in [6.07, 6.45) is 5.63. The van der Waals surface area contributed by atoms with Gasteiger partial charge in [0.25, 0.3) is 0 Å². The molecule has 1 aromatic heterocycles. The first-order valence-electron chi connectivity index (χ1n) is 7.83. The predicted molar refractivity (Wildman–Crippen MR) is 81.9 cm³/mol. The maximum atomic E-state index is 12.9. The maximum absolute atomic E-state index is 12.9. The molecule has 1 fully saturated rings. The lowest BCUT2D eigenvalue weighted by Crippen LogP contribution is -2.42. The van der Waals surface area contributed by atoms with Crippen LogP contribution < -0.4 is 10.6 Å². The van der Waals surface area contributed by atoms with Crippen molar-refractivity contribution in [2.75, 3.05) is 0 Å². The summed E-state index contributed by atoms with van der Waals surface area (Å²) in [7, 11) is 0. The number of rotatable bonds is 4. The molecule has 1 aliphatic rings. The van der Waals surface area contributed by atoms with Crippen LogP contribution in [0.25, 0.3) is 11.5 Å². The number of halogens is 1. The number of benzene rings is 1. The normalized spacial score (nSPS) is 15.3. The van der Waals surface area contributed by atoms with Crippen molar-refractivity contribution in [1.29, 1.82) is 0 Å². The lowest BCUT2D eigenvalue weighted by atomic mass is 9.96. The van der Waals surface area contributed by atoms with E-state index in [1.54, 1.807) is 12.1 Å². The molecule has 6 nitrogen and oxygen atoms in total. The highest BCUT2D eigenvalue weighted by Gasteiger charge is 2.16. The fourth-order valence-corrected chi connectivity index (χ4v) is 2.67. The molecule has 0 unspecified atom stereocenters. The van der Waals surface area contributed by atoms with Gasteiger partial charge in [0.1, 0.15) is 5.82 Å². The Morgan fingerprint density at radius 2 is 1.91 bits per heavy atom. The summed E-state index contributed by atoms with van der Waals surface area (Å²) in [5.41, 5.74) is 0.636. The van der Waals surface area contributed by atoms with E-state index < -0.39 is 0 Å². The lowest BCUT2D eigenvalue weighted by molar-refractivity contribution is 0.231. The molecule has 1 heterocycles. The van der Waals surface area contributed by atoms with E-state index in [4.69, 9.17) is 4.42 Å². The highest BCUT2D eigenvalue weighted by molar-refractivity contribution is 5.74. The largest absolute Gasteiger partial charge is 0.419 e. The number of urea groups is 1. The van der Waals surface area contributed by atoms with E-state index in [0.29, 0.717) is 17.3 Å². The molecule has 2 N–H and O–H groups in total. The molecule has 23 heavy (non-hydrogen) atoms. The van der Waals surface area contributed by atoms with Crippen molar-refractivity contribution < 1.29 is 13.6 Å². The van der Waals surface area contributed by atoms with Gasteiger partial charge in [0.2, 0.25) is 11.8 Å². The molecule has 2 amide bonds. The van der Waals surface area contributed by atoms with Crippen molar-refractivity contribution in [2.45, 2.75) is 44.7 Å². The van der Waals surface area contributed by atoms with Crippen LogP contribution in [0.15, 0.2) is 28.7 Å². The molecule has 0 bridgehead atoms. The lowest BCUT2D eigenvalue weighted by Gasteiger charge is -2.22. The maximum Gasteiger partial charge on any atom is 0.315 e. The molecule has 1 saturated carbocycles. The first-order valence-corrected chi connectivity index (χ1v) is 7.83. The minimum Gasteiger partial charge on any atom is -0.419 e. The van der Waals surface area contributed by atoms with Gasteiger partial charge in [-0.25, -0.2) is 9.18 Å². The molecule has 0 atom stereocenters. The van der Waals surface area contributed by atoms with Crippen molar-refractivity contribution >= 4 is 6.03 Å². The van der Waals surface area contributed by atoms with Gasteiger partial charge in [0, 0.05) is 11.6 Å². The Balaban J connectivity index is 1.50. The third kappa shape index (κ3) is 4.28. The molecular formula is C16H19FN4O2. The van der Waals surface area contributed by atoms with Gasteiger partial charge in [-0.05, 0) is 37.1 Å². The number of aromatic nitrogens is 2. The molecule has 0 radical (unpaired) electrons. The van der Waals surface area contributed by atoms with E-state index in [0.717, 1.165) is 25.7 Å². The van der Waals surface area contributed by atoms with Crippen LogP contribution in [0, 0.1) is 5.82 Å². The van der Waals surface area contributed by atoms with Gasteiger partial charge >= 0.3 is 6.03 Å². The minimum absolute atomic E-state index is 0.159. The number of carbonyl (C=O) groups excluding carboxylic acids is 1. The van der Waals surface area contributed by atoms with Gasteiger partial charge in [-0.2, -0.15) is 0 Å². The highest BCUT2D eigenvalue weighted by Crippen LogP contribution is 2.18. The molecule has 1 aliphatic carbocycles. The average Bonchev–Trinajstić information content (AvgIpc) is 3.04. The van der Waals surface area contributed by atoms with E-state index in [9.17, 15) is 9.18 Å². The summed E-state index contributed by atoms with van der Waals surface area (Å²) < 4.78 is 18.4. The standard InChI is InChI=1S/C16H19FN4O2/c17-12-8-6-11(7-9-12)15-21-20-14(23-15)10-18-16(22)19-13-4-2-1-3-5-13/h6-9,13H,1-5,10H2,(H2,18,19,22). The van der Waals surface area contributed by atoms with Gasteiger partial charge in [0.05, 0.1) is 6.54 Å². The molecule has 122 valence electrons. The smallest absolute Gasteiger partial charge is 0.315 e. The second-order valence-corrected chi connectivity index (χ2v) is 5.67. The summed E-state index contributed by atoms with van der Waals surface area (Å²) in [4.78, 5) is 11.8. The average molecular weight is 318 g/mol. The van der Waals surface area contributed by atoms with Crippen LogP contribution in [0.3, 0.4) is 0 Å². The number of nitrogens with zero attached hydrogens (tertiary/aromatic N) is 2. The summed E-state index contributed by atoms with van der Waals surface area (Å²) in [6, 6.07) is 5.81.